The third-order valence-electron chi connectivity index (χ3n) is 3.29. The highest BCUT2D eigenvalue weighted by Crippen LogP contribution is 2.38. The number of hydrogen-bond donors (Lipinski definition) is 1. The van der Waals surface area contributed by atoms with E-state index in [1.54, 1.807) is 18.2 Å². The number of rotatable bonds is 6. The number of benzene rings is 2. The van der Waals surface area contributed by atoms with Crippen LogP contribution in [0.2, 0.25) is 0 Å². The third kappa shape index (κ3) is 4.17. The van der Waals surface area contributed by atoms with Gasteiger partial charge in [-0.3, -0.25) is 4.79 Å². The molecule has 5 nitrogen and oxygen atoms in total. The fourth-order valence-electron chi connectivity index (χ4n) is 2.21. The Morgan fingerprint density at radius 3 is 2.21 bits per heavy atom. The molecule has 2 rings (SSSR count). The number of hydrogen-bond acceptors (Lipinski definition) is 4. The van der Waals surface area contributed by atoms with Crippen LogP contribution in [0.1, 0.15) is 5.56 Å². The predicted octanol–water partition coefficient (Wildman–Crippen LogP) is 3.80. The van der Waals surface area contributed by atoms with E-state index < -0.39 is 5.82 Å². The van der Waals surface area contributed by atoms with Gasteiger partial charge in [-0.1, -0.05) is 15.9 Å². The minimum atomic E-state index is -0.511. The Morgan fingerprint density at radius 2 is 1.71 bits per heavy atom. The molecule has 0 heterocycles. The predicted molar refractivity (Wildman–Crippen MR) is 92.5 cm³/mol. The van der Waals surface area contributed by atoms with E-state index in [0.717, 1.165) is 0 Å². The quantitative estimate of drug-likeness (QED) is 0.805. The summed E-state index contributed by atoms with van der Waals surface area (Å²) in [6.07, 6.45) is 0.0339. The molecule has 0 spiro atoms. The van der Waals surface area contributed by atoms with Gasteiger partial charge in [-0.25, -0.2) is 4.39 Å². The zero-order chi connectivity index (χ0) is 17.7. The Labute approximate surface area is 147 Å². The number of halogens is 2. The number of anilines is 1. The zero-order valence-corrected chi connectivity index (χ0v) is 15.1. The van der Waals surface area contributed by atoms with Crippen LogP contribution in [0.15, 0.2) is 34.8 Å². The fourth-order valence-corrected chi connectivity index (χ4v) is 2.54. The molecule has 1 N–H and O–H groups in total. The summed E-state index contributed by atoms with van der Waals surface area (Å²) in [5.74, 6) is 0.486. The molecule has 0 radical (unpaired) electrons. The van der Waals surface area contributed by atoms with Crippen LogP contribution in [0, 0.1) is 5.82 Å². The minimum Gasteiger partial charge on any atom is -0.493 e. The molecule has 0 fully saturated rings. The molecule has 0 atom stereocenters. The van der Waals surface area contributed by atoms with Crippen molar-refractivity contribution in [2.24, 2.45) is 0 Å². The molecule has 0 aliphatic rings. The van der Waals surface area contributed by atoms with Gasteiger partial charge in [0.1, 0.15) is 5.82 Å². The summed E-state index contributed by atoms with van der Waals surface area (Å²) in [7, 11) is 4.50. The summed E-state index contributed by atoms with van der Waals surface area (Å²) in [5.41, 5.74) is 0.773. The number of ether oxygens (including phenoxy) is 3. The van der Waals surface area contributed by atoms with Gasteiger partial charge in [0, 0.05) is 4.47 Å². The van der Waals surface area contributed by atoms with E-state index in [2.05, 4.69) is 21.2 Å². The summed E-state index contributed by atoms with van der Waals surface area (Å²) >= 11 is 3.17. The van der Waals surface area contributed by atoms with Crippen molar-refractivity contribution >= 4 is 27.5 Å². The number of nitrogens with one attached hydrogen (secondary N) is 1. The van der Waals surface area contributed by atoms with Crippen molar-refractivity contribution in [3.05, 3.63) is 46.2 Å². The second kappa shape index (κ2) is 8.01. The van der Waals surface area contributed by atoms with Crippen LogP contribution < -0.4 is 19.5 Å². The van der Waals surface area contributed by atoms with E-state index >= 15 is 0 Å². The highest BCUT2D eigenvalue weighted by molar-refractivity contribution is 9.10. The van der Waals surface area contributed by atoms with Crippen LogP contribution in [0.4, 0.5) is 10.1 Å². The van der Waals surface area contributed by atoms with Gasteiger partial charge >= 0.3 is 0 Å². The maximum Gasteiger partial charge on any atom is 0.228 e. The molecule has 24 heavy (non-hydrogen) atoms. The van der Waals surface area contributed by atoms with Gasteiger partial charge in [-0.15, -0.1) is 0 Å². The first-order valence-electron chi connectivity index (χ1n) is 7.02. The van der Waals surface area contributed by atoms with Gasteiger partial charge in [0.2, 0.25) is 11.7 Å². The third-order valence-corrected chi connectivity index (χ3v) is 3.79. The fraction of sp³-hybridized carbons (Fsp3) is 0.235. The average Bonchev–Trinajstić information content (AvgIpc) is 2.56. The van der Waals surface area contributed by atoms with Crippen LogP contribution in [0.25, 0.3) is 0 Å². The number of carbonyl (C=O) groups excluding carboxylic acids is 1. The van der Waals surface area contributed by atoms with Crippen molar-refractivity contribution in [1.82, 2.24) is 0 Å². The second-order valence-corrected chi connectivity index (χ2v) is 5.80. The molecule has 0 saturated heterocycles. The Hall–Kier alpha value is -2.28. The van der Waals surface area contributed by atoms with Gasteiger partial charge < -0.3 is 19.5 Å². The normalized spacial score (nSPS) is 10.2. The molecule has 0 saturated carbocycles. The Kier molecular flexibility index (Phi) is 6.03. The maximum absolute atomic E-state index is 13.8. The number of amides is 1. The first kappa shape index (κ1) is 18.1. The van der Waals surface area contributed by atoms with E-state index in [0.29, 0.717) is 27.3 Å². The van der Waals surface area contributed by atoms with Crippen molar-refractivity contribution in [1.29, 1.82) is 0 Å². The van der Waals surface area contributed by atoms with E-state index in [4.69, 9.17) is 14.2 Å². The molecular weight excluding hydrogens is 381 g/mol. The van der Waals surface area contributed by atoms with Crippen LogP contribution in [0.3, 0.4) is 0 Å². The molecule has 0 aromatic heterocycles. The van der Waals surface area contributed by atoms with Crippen molar-refractivity contribution in [2.45, 2.75) is 6.42 Å². The first-order valence-corrected chi connectivity index (χ1v) is 7.81. The largest absolute Gasteiger partial charge is 0.493 e. The van der Waals surface area contributed by atoms with Gasteiger partial charge in [-0.05, 0) is 35.9 Å². The van der Waals surface area contributed by atoms with Gasteiger partial charge in [-0.2, -0.15) is 0 Å². The smallest absolute Gasteiger partial charge is 0.228 e. The Balaban J connectivity index is 2.19. The van der Waals surface area contributed by atoms with Crippen LogP contribution in [0.5, 0.6) is 17.2 Å². The van der Waals surface area contributed by atoms with Crippen molar-refractivity contribution in [2.75, 3.05) is 26.6 Å². The molecule has 0 aliphatic carbocycles. The average molecular weight is 398 g/mol. The lowest BCUT2D eigenvalue weighted by Gasteiger charge is -2.14. The summed E-state index contributed by atoms with van der Waals surface area (Å²) in [4.78, 5) is 12.2. The SMILES string of the molecule is COc1cc(CC(=O)Nc2ccc(Br)cc2F)cc(OC)c1OC. The summed E-state index contributed by atoms with van der Waals surface area (Å²) in [5, 5.41) is 2.54. The second-order valence-electron chi connectivity index (χ2n) is 4.88. The van der Waals surface area contributed by atoms with Gasteiger partial charge in [0.05, 0.1) is 33.4 Å². The van der Waals surface area contributed by atoms with E-state index in [1.165, 1.54) is 33.5 Å². The molecule has 2 aromatic carbocycles. The molecular formula is C17H17BrFNO4. The van der Waals surface area contributed by atoms with Crippen LogP contribution in [-0.2, 0) is 11.2 Å². The minimum absolute atomic E-state index is 0.0339. The monoisotopic (exact) mass is 397 g/mol. The first-order chi connectivity index (χ1) is 11.5. The zero-order valence-electron chi connectivity index (χ0n) is 13.5. The maximum atomic E-state index is 13.8. The van der Waals surface area contributed by atoms with Crippen LogP contribution >= 0.6 is 15.9 Å². The van der Waals surface area contributed by atoms with Crippen LogP contribution in [-0.4, -0.2) is 27.2 Å². The lowest BCUT2D eigenvalue weighted by molar-refractivity contribution is -0.115. The summed E-state index contributed by atoms with van der Waals surface area (Å²) in [6, 6.07) is 7.79. The topological polar surface area (TPSA) is 56.8 Å². The molecule has 7 heteroatoms. The van der Waals surface area contributed by atoms with Crippen molar-refractivity contribution in [3.63, 3.8) is 0 Å². The Morgan fingerprint density at radius 1 is 1.08 bits per heavy atom. The summed E-state index contributed by atoms with van der Waals surface area (Å²) < 4.78 is 30.1. The molecule has 0 bridgehead atoms. The number of methoxy groups -OCH3 is 3. The highest BCUT2D eigenvalue weighted by Gasteiger charge is 2.15. The molecule has 1 amide bonds. The lowest BCUT2D eigenvalue weighted by atomic mass is 10.1. The molecule has 0 unspecified atom stereocenters. The highest BCUT2D eigenvalue weighted by atomic mass is 79.9. The van der Waals surface area contributed by atoms with Gasteiger partial charge in [0.25, 0.3) is 0 Å². The Bertz CT molecular complexity index is 726. The van der Waals surface area contributed by atoms with Gasteiger partial charge in [0.15, 0.2) is 11.5 Å². The molecule has 2 aromatic rings. The van der Waals surface area contributed by atoms with E-state index in [1.807, 2.05) is 0 Å². The molecule has 0 aliphatic heterocycles. The van der Waals surface area contributed by atoms with Crippen molar-refractivity contribution < 1.29 is 23.4 Å². The van der Waals surface area contributed by atoms with Crippen molar-refractivity contribution in [3.8, 4) is 17.2 Å². The summed E-state index contributed by atoms with van der Waals surface area (Å²) in [6.45, 7) is 0. The van der Waals surface area contributed by atoms with E-state index in [9.17, 15) is 9.18 Å². The lowest BCUT2D eigenvalue weighted by Crippen LogP contribution is -2.15. The molecule has 128 valence electrons. The standard InChI is InChI=1S/C17H17BrFNO4/c1-22-14-6-10(7-15(23-2)17(14)24-3)8-16(21)20-13-5-4-11(18)9-12(13)19/h4-7,9H,8H2,1-3H3,(H,20,21). The number of carbonyl (C=O) groups is 1. The van der Waals surface area contributed by atoms with E-state index in [-0.39, 0.29) is 18.0 Å².